The quantitative estimate of drug-likeness (QED) is 0.449. The maximum Gasteiger partial charge on any atom is 0.293 e. The van der Waals surface area contributed by atoms with Crippen LogP contribution >= 0.6 is 12.4 Å². The maximum atomic E-state index is 12.0. The van der Waals surface area contributed by atoms with E-state index in [-0.39, 0.29) is 24.0 Å². The summed E-state index contributed by atoms with van der Waals surface area (Å²) >= 11 is 0. The number of amides is 1. The number of nitrogens with one attached hydrogen (secondary N) is 1. The van der Waals surface area contributed by atoms with E-state index in [2.05, 4.69) is 5.32 Å². The first-order chi connectivity index (χ1) is 10.6. The highest BCUT2D eigenvalue weighted by atomic mass is 35.5. The maximum absolute atomic E-state index is 12.0. The lowest BCUT2D eigenvalue weighted by molar-refractivity contribution is -0.384. The number of hydrogen-bond acceptors (Lipinski definition) is 5. The van der Waals surface area contributed by atoms with Crippen LogP contribution in [0.1, 0.15) is 36.0 Å². The highest BCUT2D eigenvalue weighted by Crippen LogP contribution is 2.31. The Morgan fingerprint density at radius 2 is 2.00 bits per heavy atom. The number of hydrogen-bond donors (Lipinski definition) is 2. The van der Waals surface area contributed by atoms with Crippen LogP contribution in [0.5, 0.6) is 0 Å². The standard InChI is InChI=1S/C15H22N4O3.ClH/c16-7-1-2-8-17-15(20)12-5-6-13(14(11-12)19(21)22)18-9-3-4-10-18;/h5-6,11H,1-4,7-10,16H2,(H,17,20);1H. The number of halogens is 1. The molecule has 0 unspecified atom stereocenters. The number of rotatable bonds is 7. The molecular formula is C15H23ClN4O3. The Hall–Kier alpha value is -1.86. The van der Waals surface area contributed by atoms with E-state index in [1.165, 1.54) is 6.07 Å². The third-order valence-electron chi connectivity index (χ3n) is 3.80. The molecule has 3 N–H and O–H groups in total. The molecule has 2 rings (SSSR count). The van der Waals surface area contributed by atoms with Crippen molar-refractivity contribution in [1.82, 2.24) is 5.32 Å². The van der Waals surface area contributed by atoms with Gasteiger partial charge in [-0.2, -0.15) is 0 Å². The zero-order valence-corrected chi connectivity index (χ0v) is 13.8. The first-order valence-electron chi connectivity index (χ1n) is 7.65. The van der Waals surface area contributed by atoms with Gasteiger partial charge >= 0.3 is 0 Å². The summed E-state index contributed by atoms with van der Waals surface area (Å²) in [5, 5.41) is 14.0. The van der Waals surface area contributed by atoms with E-state index in [9.17, 15) is 14.9 Å². The zero-order valence-electron chi connectivity index (χ0n) is 13.0. The van der Waals surface area contributed by atoms with Crippen molar-refractivity contribution in [3.63, 3.8) is 0 Å². The minimum atomic E-state index is -0.418. The number of benzene rings is 1. The van der Waals surface area contributed by atoms with Gasteiger partial charge in [0.2, 0.25) is 0 Å². The molecule has 0 radical (unpaired) electrons. The van der Waals surface area contributed by atoms with E-state index < -0.39 is 4.92 Å². The topological polar surface area (TPSA) is 102 Å². The van der Waals surface area contributed by atoms with Crippen molar-refractivity contribution in [2.45, 2.75) is 25.7 Å². The summed E-state index contributed by atoms with van der Waals surface area (Å²) in [7, 11) is 0. The Morgan fingerprint density at radius 3 is 2.61 bits per heavy atom. The third-order valence-corrected chi connectivity index (χ3v) is 3.80. The molecule has 0 aromatic heterocycles. The van der Waals surface area contributed by atoms with Crippen molar-refractivity contribution in [3.8, 4) is 0 Å². The number of anilines is 1. The zero-order chi connectivity index (χ0) is 15.9. The van der Waals surface area contributed by atoms with Gasteiger partial charge in [-0.25, -0.2) is 0 Å². The lowest BCUT2D eigenvalue weighted by Gasteiger charge is -2.17. The van der Waals surface area contributed by atoms with E-state index in [1.807, 2.05) is 4.90 Å². The van der Waals surface area contributed by atoms with Gasteiger partial charge in [0.15, 0.2) is 0 Å². The summed E-state index contributed by atoms with van der Waals surface area (Å²) in [5.41, 5.74) is 6.31. The summed E-state index contributed by atoms with van der Waals surface area (Å²) in [6, 6.07) is 4.70. The van der Waals surface area contributed by atoms with Crippen molar-refractivity contribution >= 4 is 29.7 Å². The summed E-state index contributed by atoms with van der Waals surface area (Å²) < 4.78 is 0. The van der Waals surface area contributed by atoms with E-state index >= 15 is 0 Å². The smallest absolute Gasteiger partial charge is 0.293 e. The molecule has 0 bridgehead atoms. The van der Waals surface area contributed by atoms with Gasteiger partial charge in [-0.05, 0) is 44.4 Å². The average Bonchev–Trinajstić information content (AvgIpc) is 3.05. The van der Waals surface area contributed by atoms with Crippen LogP contribution < -0.4 is 16.0 Å². The molecule has 0 aliphatic carbocycles. The van der Waals surface area contributed by atoms with Gasteiger partial charge < -0.3 is 16.0 Å². The van der Waals surface area contributed by atoms with Crippen LogP contribution in [0.4, 0.5) is 11.4 Å². The number of nitrogens with two attached hydrogens (primary N) is 1. The Bertz CT molecular complexity index is 548. The van der Waals surface area contributed by atoms with Crippen molar-refractivity contribution in [1.29, 1.82) is 0 Å². The van der Waals surface area contributed by atoms with Gasteiger partial charge in [0.05, 0.1) is 4.92 Å². The summed E-state index contributed by atoms with van der Waals surface area (Å²) in [6.07, 6.45) is 3.73. The second kappa shape index (κ2) is 9.32. The molecule has 1 aromatic rings. The molecule has 0 saturated carbocycles. The summed E-state index contributed by atoms with van der Waals surface area (Å²) in [4.78, 5) is 24.9. The van der Waals surface area contributed by atoms with Crippen molar-refractivity contribution in [3.05, 3.63) is 33.9 Å². The lowest BCUT2D eigenvalue weighted by atomic mass is 10.1. The number of nitrogens with zero attached hydrogens (tertiary/aromatic N) is 2. The fourth-order valence-corrected chi connectivity index (χ4v) is 2.61. The van der Waals surface area contributed by atoms with Crippen LogP contribution in [0.2, 0.25) is 0 Å². The molecule has 128 valence electrons. The fraction of sp³-hybridized carbons (Fsp3) is 0.533. The Labute approximate surface area is 141 Å². The highest BCUT2D eigenvalue weighted by molar-refractivity contribution is 5.95. The first-order valence-corrected chi connectivity index (χ1v) is 7.65. The lowest BCUT2D eigenvalue weighted by Crippen LogP contribution is -2.25. The van der Waals surface area contributed by atoms with Crippen LogP contribution in [0.25, 0.3) is 0 Å². The molecule has 23 heavy (non-hydrogen) atoms. The molecule has 1 aromatic carbocycles. The molecule has 1 aliphatic rings. The second-order valence-electron chi connectivity index (χ2n) is 5.41. The molecule has 0 spiro atoms. The summed E-state index contributed by atoms with van der Waals surface area (Å²) in [5.74, 6) is -0.284. The van der Waals surface area contributed by atoms with Crippen LogP contribution in [0.15, 0.2) is 18.2 Å². The normalized spacial score (nSPS) is 13.5. The molecule has 1 aliphatic heterocycles. The number of unbranched alkanes of at least 4 members (excludes halogenated alkanes) is 1. The van der Waals surface area contributed by atoms with E-state index in [1.54, 1.807) is 12.1 Å². The van der Waals surface area contributed by atoms with Crippen LogP contribution in [0.3, 0.4) is 0 Å². The monoisotopic (exact) mass is 342 g/mol. The van der Waals surface area contributed by atoms with Crippen molar-refractivity contribution in [2.75, 3.05) is 31.1 Å². The molecule has 1 amide bonds. The Morgan fingerprint density at radius 1 is 1.30 bits per heavy atom. The van der Waals surface area contributed by atoms with Gasteiger partial charge in [0.25, 0.3) is 11.6 Å². The summed E-state index contributed by atoms with van der Waals surface area (Å²) in [6.45, 7) is 2.76. The Kier molecular flexibility index (Phi) is 7.77. The molecule has 1 fully saturated rings. The van der Waals surface area contributed by atoms with Crippen molar-refractivity contribution in [2.24, 2.45) is 5.73 Å². The van der Waals surface area contributed by atoms with Gasteiger partial charge in [-0.3, -0.25) is 14.9 Å². The van der Waals surface area contributed by atoms with Gasteiger partial charge in [-0.1, -0.05) is 0 Å². The average molecular weight is 343 g/mol. The van der Waals surface area contributed by atoms with Gasteiger partial charge in [0.1, 0.15) is 5.69 Å². The Balaban J connectivity index is 0.00000264. The minimum absolute atomic E-state index is 0. The van der Waals surface area contributed by atoms with Crippen LogP contribution in [-0.2, 0) is 0 Å². The second-order valence-corrected chi connectivity index (χ2v) is 5.41. The predicted molar refractivity (Wildman–Crippen MR) is 92.4 cm³/mol. The number of carbonyl (C=O) groups is 1. The van der Waals surface area contributed by atoms with E-state index in [0.717, 1.165) is 38.8 Å². The molecular weight excluding hydrogens is 320 g/mol. The SMILES string of the molecule is Cl.NCCCCNC(=O)c1ccc(N2CCCC2)c([N+](=O)[O-])c1. The molecule has 1 saturated heterocycles. The van der Waals surface area contributed by atoms with E-state index in [0.29, 0.717) is 24.3 Å². The largest absolute Gasteiger partial charge is 0.366 e. The van der Waals surface area contributed by atoms with Crippen LogP contribution in [-0.4, -0.2) is 37.0 Å². The molecule has 8 heteroatoms. The number of carbonyl (C=O) groups excluding carboxylic acids is 1. The molecule has 0 atom stereocenters. The third kappa shape index (κ3) is 5.07. The predicted octanol–water partition coefficient (Wildman–Crippen LogP) is 2.09. The number of nitro benzene ring substituents is 1. The van der Waals surface area contributed by atoms with Crippen LogP contribution in [0, 0.1) is 10.1 Å². The minimum Gasteiger partial charge on any atom is -0.366 e. The molecule has 1 heterocycles. The highest BCUT2D eigenvalue weighted by Gasteiger charge is 2.23. The first kappa shape index (κ1) is 19.2. The van der Waals surface area contributed by atoms with Gasteiger partial charge in [-0.15, -0.1) is 12.4 Å². The number of nitro groups is 1. The van der Waals surface area contributed by atoms with E-state index in [4.69, 9.17) is 5.73 Å². The van der Waals surface area contributed by atoms with Crippen molar-refractivity contribution < 1.29 is 9.72 Å². The molecule has 7 nitrogen and oxygen atoms in total. The van der Waals surface area contributed by atoms with Gasteiger partial charge in [0, 0.05) is 31.3 Å². The fourth-order valence-electron chi connectivity index (χ4n) is 2.61.